The highest BCUT2D eigenvalue weighted by atomic mass is 79.9. The minimum atomic E-state index is -0.906. The Morgan fingerprint density at radius 1 is 1.25 bits per heavy atom. The van der Waals surface area contributed by atoms with Gasteiger partial charge in [0.25, 0.3) is 5.91 Å². The Bertz CT molecular complexity index is 734. The summed E-state index contributed by atoms with van der Waals surface area (Å²) in [5, 5.41) is 2.71. The maximum Gasteiger partial charge on any atom is 0.331 e. The summed E-state index contributed by atoms with van der Waals surface area (Å²) >= 11 is 3.17. The van der Waals surface area contributed by atoms with Crippen molar-refractivity contribution in [3.05, 3.63) is 58.5 Å². The fourth-order valence-corrected chi connectivity index (χ4v) is 2.22. The Morgan fingerprint density at radius 2 is 1.96 bits per heavy atom. The van der Waals surface area contributed by atoms with Gasteiger partial charge in [-0.15, -0.1) is 0 Å². The molecule has 24 heavy (non-hydrogen) atoms. The summed E-state index contributed by atoms with van der Waals surface area (Å²) in [6, 6.07) is 10.9. The second kappa shape index (κ2) is 8.49. The molecule has 1 atom stereocenters. The average molecular weight is 392 g/mol. The number of carbonyl (C=O) groups excluding carboxylic acids is 2. The van der Waals surface area contributed by atoms with E-state index in [0.29, 0.717) is 16.1 Å². The Hall–Kier alpha value is -2.34. The molecule has 1 aromatic carbocycles. The summed E-state index contributed by atoms with van der Waals surface area (Å²) in [4.78, 5) is 23.8. The molecule has 0 saturated heterocycles. The first kappa shape index (κ1) is 18.0. The van der Waals surface area contributed by atoms with Gasteiger partial charge in [0.05, 0.1) is 0 Å². The van der Waals surface area contributed by atoms with Gasteiger partial charge in [0.15, 0.2) is 10.8 Å². The van der Waals surface area contributed by atoms with Gasteiger partial charge in [-0.3, -0.25) is 4.79 Å². The van der Waals surface area contributed by atoms with Crippen LogP contribution < -0.4 is 5.32 Å². The number of anilines is 1. The summed E-state index contributed by atoms with van der Waals surface area (Å²) in [7, 11) is 0. The van der Waals surface area contributed by atoms with Gasteiger partial charge >= 0.3 is 5.97 Å². The molecule has 2 aromatic rings. The molecule has 2 rings (SSSR count). The fourth-order valence-electron chi connectivity index (χ4n) is 1.90. The van der Waals surface area contributed by atoms with Crippen LogP contribution in [0.5, 0.6) is 0 Å². The molecule has 0 aliphatic carbocycles. The normalized spacial score (nSPS) is 12.1. The van der Waals surface area contributed by atoms with Gasteiger partial charge in [-0.1, -0.05) is 19.1 Å². The highest BCUT2D eigenvalue weighted by Gasteiger charge is 2.16. The molecule has 0 radical (unpaired) electrons. The molecular formula is C18H18BrNO4. The molecule has 0 spiro atoms. The van der Waals surface area contributed by atoms with E-state index in [1.807, 2.05) is 24.3 Å². The van der Waals surface area contributed by atoms with Crippen molar-refractivity contribution in [3.8, 4) is 0 Å². The zero-order valence-corrected chi connectivity index (χ0v) is 15.0. The van der Waals surface area contributed by atoms with Crippen LogP contribution in [-0.2, 0) is 20.7 Å². The zero-order valence-electron chi connectivity index (χ0n) is 13.4. The number of rotatable bonds is 6. The molecule has 0 bridgehead atoms. The van der Waals surface area contributed by atoms with Crippen molar-refractivity contribution in [1.82, 2.24) is 0 Å². The first-order chi connectivity index (χ1) is 11.5. The molecule has 0 fully saturated rings. The Balaban J connectivity index is 1.85. The zero-order chi connectivity index (χ0) is 17.5. The highest BCUT2D eigenvalue weighted by molar-refractivity contribution is 9.10. The second-order valence-corrected chi connectivity index (χ2v) is 5.88. The van der Waals surface area contributed by atoms with E-state index in [1.54, 1.807) is 12.1 Å². The summed E-state index contributed by atoms with van der Waals surface area (Å²) in [6.45, 7) is 3.58. The molecule has 1 heterocycles. The quantitative estimate of drug-likeness (QED) is 0.591. The number of nitrogens with one attached hydrogen (secondary N) is 1. The van der Waals surface area contributed by atoms with Crippen molar-refractivity contribution in [1.29, 1.82) is 0 Å². The van der Waals surface area contributed by atoms with Crippen LogP contribution in [0, 0.1) is 0 Å². The highest BCUT2D eigenvalue weighted by Crippen LogP contribution is 2.15. The van der Waals surface area contributed by atoms with Crippen molar-refractivity contribution in [2.75, 3.05) is 5.32 Å². The standard InChI is InChI=1S/C18H18BrNO4/c1-3-13-4-6-14(7-5-13)20-18(22)12(2)23-17(21)11-9-15-8-10-16(19)24-15/h4-12H,3H2,1-2H3,(H,20,22)/b11-9+/t12-/m1/s1. The van der Waals surface area contributed by atoms with Gasteiger partial charge in [0.1, 0.15) is 5.76 Å². The number of hydrogen-bond donors (Lipinski definition) is 1. The summed E-state index contributed by atoms with van der Waals surface area (Å²) in [5.41, 5.74) is 1.85. The van der Waals surface area contributed by atoms with Crippen LogP contribution in [0.15, 0.2) is 51.6 Å². The maximum atomic E-state index is 12.0. The van der Waals surface area contributed by atoms with E-state index in [2.05, 4.69) is 28.2 Å². The van der Waals surface area contributed by atoms with Crippen LogP contribution >= 0.6 is 15.9 Å². The Labute approximate surface area is 148 Å². The molecule has 5 nitrogen and oxygen atoms in total. The number of benzene rings is 1. The molecular weight excluding hydrogens is 374 g/mol. The summed E-state index contributed by atoms with van der Waals surface area (Å²) in [5.74, 6) is -0.500. The van der Waals surface area contributed by atoms with Crippen LogP contribution in [0.4, 0.5) is 5.69 Å². The lowest BCUT2D eigenvalue weighted by Gasteiger charge is -2.12. The SMILES string of the molecule is CCc1ccc(NC(=O)[C@@H](C)OC(=O)/C=C/c2ccc(Br)o2)cc1. The van der Waals surface area contributed by atoms with E-state index in [1.165, 1.54) is 24.6 Å². The van der Waals surface area contributed by atoms with E-state index in [9.17, 15) is 9.59 Å². The van der Waals surface area contributed by atoms with Gasteiger partial charge in [-0.2, -0.15) is 0 Å². The number of ether oxygens (including phenoxy) is 1. The van der Waals surface area contributed by atoms with E-state index in [4.69, 9.17) is 9.15 Å². The van der Waals surface area contributed by atoms with Crippen molar-refractivity contribution in [3.63, 3.8) is 0 Å². The van der Waals surface area contributed by atoms with Gasteiger partial charge in [-0.25, -0.2) is 4.79 Å². The van der Waals surface area contributed by atoms with E-state index in [0.717, 1.165) is 6.42 Å². The van der Waals surface area contributed by atoms with Gasteiger partial charge in [0.2, 0.25) is 0 Å². The summed E-state index contributed by atoms with van der Waals surface area (Å²) in [6.07, 6.45) is 2.71. The van der Waals surface area contributed by atoms with Crippen LogP contribution in [0.3, 0.4) is 0 Å². The molecule has 0 aliphatic heterocycles. The Morgan fingerprint density at radius 3 is 2.54 bits per heavy atom. The van der Waals surface area contributed by atoms with E-state index >= 15 is 0 Å². The lowest BCUT2D eigenvalue weighted by molar-refractivity contribution is -0.148. The molecule has 0 saturated carbocycles. The molecule has 1 amide bonds. The smallest absolute Gasteiger partial charge is 0.331 e. The topological polar surface area (TPSA) is 68.5 Å². The molecule has 126 valence electrons. The third-order valence-corrected chi connectivity index (χ3v) is 3.70. The van der Waals surface area contributed by atoms with Crippen LogP contribution in [-0.4, -0.2) is 18.0 Å². The molecule has 0 aliphatic rings. The fraction of sp³-hybridized carbons (Fsp3) is 0.222. The summed E-state index contributed by atoms with van der Waals surface area (Å²) < 4.78 is 10.9. The van der Waals surface area contributed by atoms with Gasteiger partial charge in [-0.05, 0) is 65.2 Å². The van der Waals surface area contributed by atoms with Crippen molar-refractivity contribution < 1.29 is 18.7 Å². The number of esters is 1. The third-order valence-electron chi connectivity index (χ3n) is 3.27. The number of amides is 1. The number of carbonyl (C=O) groups is 2. The second-order valence-electron chi connectivity index (χ2n) is 5.09. The number of halogens is 1. The molecule has 1 N–H and O–H groups in total. The molecule has 1 aromatic heterocycles. The van der Waals surface area contributed by atoms with Crippen LogP contribution in [0.2, 0.25) is 0 Å². The van der Waals surface area contributed by atoms with Gasteiger partial charge < -0.3 is 14.5 Å². The van der Waals surface area contributed by atoms with E-state index < -0.39 is 12.1 Å². The lowest BCUT2D eigenvalue weighted by Crippen LogP contribution is -2.29. The first-order valence-electron chi connectivity index (χ1n) is 7.51. The maximum absolute atomic E-state index is 12.0. The molecule has 6 heteroatoms. The lowest BCUT2D eigenvalue weighted by atomic mass is 10.1. The van der Waals surface area contributed by atoms with E-state index in [-0.39, 0.29) is 5.91 Å². The van der Waals surface area contributed by atoms with Crippen LogP contribution in [0.25, 0.3) is 6.08 Å². The Kier molecular flexibility index (Phi) is 6.37. The predicted octanol–water partition coefficient (Wildman–Crippen LogP) is 4.19. The first-order valence-corrected chi connectivity index (χ1v) is 8.31. The average Bonchev–Trinajstić information content (AvgIpc) is 2.99. The van der Waals surface area contributed by atoms with Gasteiger partial charge in [0, 0.05) is 11.8 Å². The van der Waals surface area contributed by atoms with Crippen molar-refractivity contribution in [2.24, 2.45) is 0 Å². The van der Waals surface area contributed by atoms with Crippen molar-refractivity contribution in [2.45, 2.75) is 26.4 Å². The minimum Gasteiger partial charge on any atom is -0.450 e. The predicted molar refractivity (Wildman–Crippen MR) is 95.4 cm³/mol. The number of aryl methyl sites for hydroxylation is 1. The monoisotopic (exact) mass is 391 g/mol. The number of hydrogen-bond acceptors (Lipinski definition) is 4. The number of furan rings is 1. The largest absolute Gasteiger partial charge is 0.450 e. The molecule has 0 unspecified atom stereocenters. The van der Waals surface area contributed by atoms with Crippen molar-refractivity contribution >= 4 is 39.6 Å². The van der Waals surface area contributed by atoms with Crippen LogP contribution in [0.1, 0.15) is 25.2 Å². The third kappa shape index (κ3) is 5.38. The minimum absolute atomic E-state index is 0.387.